The minimum Gasteiger partial charge on any atom is -0.453 e. The summed E-state index contributed by atoms with van der Waals surface area (Å²) in [7, 11) is 1.32. The summed E-state index contributed by atoms with van der Waals surface area (Å²) in [6.45, 7) is 2.22. The number of nitrogens with two attached hydrogens (primary N) is 1. The van der Waals surface area contributed by atoms with Gasteiger partial charge in [-0.1, -0.05) is 17.9 Å². The predicted octanol–water partition coefficient (Wildman–Crippen LogP) is 1.48. The highest BCUT2D eigenvalue weighted by Crippen LogP contribution is 2.16. The molecule has 0 saturated heterocycles. The molecule has 4 heteroatoms. The number of carbonyl (C=O) groups is 1. The number of hydrogen-bond donors (Lipinski definition) is 2. The summed E-state index contributed by atoms with van der Waals surface area (Å²) < 4.78 is 4.53. The molecule has 1 amide bonds. The van der Waals surface area contributed by atoms with Gasteiger partial charge in [0, 0.05) is 5.56 Å². The lowest BCUT2D eigenvalue weighted by Crippen LogP contribution is -2.12. The Labute approximate surface area is 94.8 Å². The molecular weight excluding hydrogens is 204 g/mol. The van der Waals surface area contributed by atoms with E-state index < -0.39 is 6.09 Å². The Bertz CT molecular complexity index is 444. The van der Waals surface area contributed by atoms with Crippen molar-refractivity contribution in [1.82, 2.24) is 0 Å². The molecule has 16 heavy (non-hydrogen) atoms. The fraction of sp³-hybridized carbons (Fsp3) is 0.250. The molecule has 0 aromatic heterocycles. The first-order valence-electron chi connectivity index (χ1n) is 4.82. The van der Waals surface area contributed by atoms with Gasteiger partial charge in [-0.2, -0.15) is 0 Å². The number of carbonyl (C=O) groups excluding carboxylic acids is 1. The average molecular weight is 218 g/mol. The van der Waals surface area contributed by atoms with Gasteiger partial charge in [0.1, 0.15) is 0 Å². The molecule has 0 saturated carbocycles. The Hall–Kier alpha value is -1.99. The Kier molecular flexibility index (Phi) is 4.37. The van der Waals surface area contributed by atoms with Gasteiger partial charge in [-0.15, -0.1) is 0 Å². The third-order valence-electron chi connectivity index (χ3n) is 1.92. The van der Waals surface area contributed by atoms with Crippen molar-refractivity contribution in [2.75, 3.05) is 19.0 Å². The van der Waals surface area contributed by atoms with Crippen molar-refractivity contribution in [3.8, 4) is 11.8 Å². The zero-order valence-corrected chi connectivity index (χ0v) is 9.33. The number of rotatable bonds is 1. The molecular formula is C12H14N2O2. The first-order chi connectivity index (χ1) is 7.67. The van der Waals surface area contributed by atoms with E-state index in [1.54, 1.807) is 0 Å². The van der Waals surface area contributed by atoms with Crippen LogP contribution in [0.2, 0.25) is 0 Å². The van der Waals surface area contributed by atoms with Crippen LogP contribution in [-0.2, 0) is 4.74 Å². The summed E-state index contributed by atoms with van der Waals surface area (Å²) in [4.78, 5) is 11.1. The highest BCUT2D eigenvalue weighted by molar-refractivity contribution is 5.86. The highest BCUT2D eigenvalue weighted by atomic mass is 16.5. The van der Waals surface area contributed by atoms with Crippen LogP contribution in [0.3, 0.4) is 0 Å². The number of methoxy groups -OCH3 is 1. The average Bonchev–Trinajstić information content (AvgIpc) is 2.28. The minimum absolute atomic E-state index is 0.283. The fourth-order valence-corrected chi connectivity index (χ4v) is 1.18. The third-order valence-corrected chi connectivity index (χ3v) is 1.92. The van der Waals surface area contributed by atoms with Crippen molar-refractivity contribution < 1.29 is 9.53 Å². The van der Waals surface area contributed by atoms with E-state index in [1.807, 2.05) is 25.1 Å². The molecule has 0 unspecified atom stereocenters. The van der Waals surface area contributed by atoms with Crippen LogP contribution in [0.15, 0.2) is 18.2 Å². The van der Waals surface area contributed by atoms with Gasteiger partial charge >= 0.3 is 6.09 Å². The normalized spacial score (nSPS) is 8.94. The summed E-state index contributed by atoms with van der Waals surface area (Å²) >= 11 is 0. The topological polar surface area (TPSA) is 64.3 Å². The standard InChI is InChI=1S/C12H14N2O2/c1-9-5-6-10(4-3-7-13)11(8-9)14-12(15)16-2/h5-6,8H,7,13H2,1-2H3,(H,14,15). The van der Waals surface area contributed by atoms with Crippen LogP contribution < -0.4 is 11.1 Å². The maximum atomic E-state index is 11.1. The molecule has 84 valence electrons. The van der Waals surface area contributed by atoms with Crippen LogP contribution >= 0.6 is 0 Å². The quantitative estimate of drug-likeness (QED) is 0.702. The van der Waals surface area contributed by atoms with Gasteiger partial charge in [0.05, 0.1) is 19.3 Å². The number of aryl methyl sites for hydroxylation is 1. The largest absolute Gasteiger partial charge is 0.453 e. The van der Waals surface area contributed by atoms with Gasteiger partial charge in [-0.25, -0.2) is 4.79 Å². The van der Waals surface area contributed by atoms with E-state index in [2.05, 4.69) is 21.9 Å². The lowest BCUT2D eigenvalue weighted by molar-refractivity contribution is 0.187. The van der Waals surface area contributed by atoms with Gasteiger partial charge in [-0.3, -0.25) is 5.32 Å². The number of hydrogen-bond acceptors (Lipinski definition) is 3. The number of nitrogens with one attached hydrogen (secondary N) is 1. The Morgan fingerprint density at radius 3 is 2.94 bits per heavy atom. The zero-order chi connectivity index (χ0) is 12.0. The van der Waals surface area contributed by atoms with Gasteiger partial charge in [0.2, 0.25) is 0 Å². The molecule has 0 radical (unpaired) electrons. The minimum atomic E-state index is -0.513. The smallest absolute Gasteiger partial charge is 0.411 e. The van der Waals surface area contributed by atoms with E-state index in [0.717, 1.165) is 11.1 Å². The monoisotopic (exact) mass is 218 g/mol. The molecule has 0 aliphatic heterocycles. The van der Waals surface area contributed by atoms with Crippen molar-refractivity contribution in [3.05, 3.63) is 29.3 Å². The molecule has 0 fully saturated rings. The van der Waals surface area contributed by atoms with Crippen LogP contribution in [0.4, 0.5) is 10.5 Å². The highest BCUT2D eigenvalue weighted by Gasteiger charge is 2.05. The second-order valence-electron chi connectivity index (χ2n) is 3.17. The lowest BCUT2D eigenvalue weighted by Gasteiger charge is -2.07. The molecule has 4 nitrogen and oxygen atoms in total. The Balaban J connectivity index is 3.03. The second kappa shape index (κ2) is 5.79. The number of anilines is 1. The molecule has 0 aliphatic carbocycles. The van der Waals surface area contributed by atoms with E-state index >= 15 is 0 Å². The lowest BCUT2D eigenvalue weighted by atomic mass is 10.1. The predicted molar refractivity (Wildman–Crippen MR) is 63.1 cm³/mol. The molecule has 0 atom stereocenters. The summed E-state index contributed by atoms with van der Waals surface area (Å²) in [6.07, 6.45) is -0.513. The summed E-state index contributed by atoms with van der Waals surface area (Å²) in [5.74, 6) is 5.63. The molecule has 1 aromatic rings. The van der Waals surface area contributed by atoms with Crippen LogP contribution in [0, 0.1) is 18.8 Å². The summed E-state index contributed by atoms with van der Waals surface area (Å²) in [5.41, 5.74) is 7.69. The Morgan fingerprint density at radius 1 is 1.56 bits per heavy atom. The zero-order valence-electron chi connectivity index (χ0n) is 9.33. The second-order valence-corrected chi connectivity index (χ2v) is 3.17. The fourth-order valence-electron chi connectivity index (χ4n) is 1.18. The number of amides is 1. The van der Waals surface area contributed by atoms with E-state index in [4.69, 9.17) is 5.73 Å². The SMILES string of the molecule is COC(=O)Nc1cc(C)ccc1C#CCN. The molecule has 0 heterocycles. The van der Waals surface area contributed by atoms with Gasteiger partial charge in [0.25, 0.3) is 0 Å². The maximum Gasteiger partial charge on any atom is 0.411 e. The first kappa shape index (κ1) is 12.1. The maximum absolute atomic E-state index is 11.1. The summed E-state index contributed by atoms with van der Waals surface area (Å²) in [6, 6.07) is 5.59. The molecule has 0 bridgehead atoms. The first-order valence-corrected chi connectivity index (χ1v) is 4.82. The van der Waals surface area contributed by atoms with Crippen molar-refractivity contribution in [2.24, 2.45) is 5.73 Å². The van der Waals surface area contributed by atoms with Crippen molar-refractivity contribution in [2.45, 2.75) is 6.92 Å². The van der Waals surface area contributed by atoms with E-state index in [-0.39, 0.29) is 6.54 Å². The molecule has 1 rings (SSSR count). The van der Waals surface area contributed by atoms with Gasteiger partial charge in [0.15, 0.2) is 0 Å². The number of benzene rings is 1. The third kappa shape index (κ3) is 3.30. The van der Waals surface area contributed by atoms with Crippen LogP contribution in [-0.4, -0.2) is 19.7 Å². The molecule has 0 spiro atoms. The van der Waals surface area contributed by atoms with Crippen LogP contribution in [0.1, 0.15) is 11.1 Å². The van der Waals surface area contributed by atoms with E-state index in [0.29, 0.717) is 5.69 Å². The van der Waals surface area contributed by atoms with Crippen molar-refractivity contribution in [1.29, 1.82) is 0 Å². The molecule has 0 aliphatic rings. The van der Waals surface area contributed by atoms with Gasteiger partial charge in [-0.05, 0) is 24.6 Å². The number of ether oxygens (including phenoxy) is 1. The Morgan fingerprint density at radius 2 is 2.31 bits per heavy atom. The van der Waals surface area contributed by atoms with Crippen LogP contribution in [0.25, 0.3) is 0 Å². The van der Waals surface area contributed by atoms with Crippen molar-refractivity contribution >= 4 is 11.8 Å². The van der Waals surface area contributed by atoms with Gasteiger partial charge < -0.3 is 10.5 Å². The van der Waals surface area contributed by atoms with Crippen LogP contribution in [0.5, 0.6) is 0 Å². The van der Waals surface area contributed by atoms with Crippen molar-refractivity contribution in [3.63, 3.8) is 0 Å². The van der Waals surface area contributed by atoms with E-state index in [1.165, 1.54) is 7.11 Å². The molecule has 1 aromatic carbocycles. The van der Waals surface area contributed by atoms with E-state index in [9.17, 15) is 4.79 Å². The molecule has 3 N–H and O–H groups in total. The summed E-state index contributed by atoms with van der Waals surface area (Å²) in [5, 5.41) is 2.61.